The number of nitrogens with one attached hydrogen (secondary N) is 3. The number of carbonyl (C=O) groups excluding carboxylic acids is 4. The number of pyridine rings is 2. The quantitative estimate of drug-likeness (QED) is 0.230. The summed E-state index contributed by atoms with van der Waals surface area (Å²) in [5.74, 6) is -1.39. The molecule has 4 aliphatic rings. The Balaban J connectivity index is 1.25. The van der Waals surface area contributed by atoms with Crippen molar-refractivity contribution in [3.8, 4) is 28.6 Å². The molecule has 7 rings (SSSR count). The van der Waals surface area contributed by atoms with Gasteiger partial charge in [0, 0.05) is 52.7 Å². The molecular weight excluding hydrogens is 817 g/mol. The number of sulfonamides is 1. The van der Waals surface area contributed by atoms with Crippen molar-refractivity contribution >= 4 is 44.6 Å². The zero-order chi connectivity index (χ0) is 44.8. The number of hydrogen-bond donors (Lipinski definition) is 3. The summed E-state index contributed by atoms with van der Waals surface area (Å²) < 4.78 is 50.9. The Labute approximate surface area is 362 Å². The van der Waals surface area contributed by atoms with Crippen molar-refractivity contribution in [2.24, 2.45) is 17.8 Å². The second-order valence-corrected chi connectivity index (χ2v) is 20.8. The highest BCUT2D eigenvalue weighted by atomic mass is 32.2. The van der Waals surface area contributed by atoms with Crippen LogP contribution < -0.4 is 29.6 Å². The summed E-state index contributed by atoms with van der Waals surface area (Å²) in [4.78, 5) is 67.5. The van der Waals surface area contributed by atoms with Gasteiger partial charge in [-0.15, -0.1) is 0 Å². The van der Waals surface area contributed by atoms with Crippen LogP contribution in [0.3, 0.4) is 0 Å². The molecule has 7 atom stereocenters. The van der Waals surface area contributed by atoms with Gasteiger partial charge in [-0.3, -0.25) is 19.1 Å². The predicted octanol–water partition coefficient (Wildman–Crippen LogP) is 5.44. The number of fused-ring (bicyclic) bond motifs is 3. The fourth-order valence-corrected chi connectivity index (χ4v) is 9.81. The average Bonchev–Trinajstić information content (AvgIpc) is 4.10. The van der Waals surface area contributed by atoms with E-state index in [0.29, 0.717) is 42.7 Å². The molecule has 0 bridgehead atoms. The third kappa shape index (κ3) is 9.32. The summed E-state index contributed by atoms with van der Waals surface area (Å²) in [6.45, 7) is 10.7. The first-order chi connectivity index (χ1) is 29.3. The SMILES string of the molecule is COc1ccc2c(O[C@@H]3C[C@H]4C(=O)N[C@]5(C(=O)NS(=O)(=O)C6(C)CC6)C[C@H]5C=CCC[C@@H](C)C[C@@H](C)[C@H](NC(=O)OC(C)(C)C)C(=O)N4C3)ncc(-c3ccc(OC)nc3)c2c1. The molecule has 17 heteroatoms. The van der Waals surface area contributed by atoms with Crippen LogP contribution in [0.5, 0.6) is 17.5 Å². The van der Waals surface area contributed by atoms with Gasteiger partial charge < -0.3 is 34.5 Å². The number of benzene rings is 1. The van der Waals surface area contributed by atoms with Crippen molar-refractivity contribution in [2.75, 3.05) is 20.8 Å². The molecule has 2 aliphatic heterocycles. The van der Waals surface area contributed by atoms with Crippen molar-refractivity contribution in [2.45, 2.75) is 121 Å². The van der Waals surface area contributed by atoms with E-state index in [1.807, 2.05) is 37.3 Å². The minimum absolute atomic E-state index is 0.000428. The minimum atomic E-state index is -4.03. The number of hydrogen-bond acceptors (Lipinski definition) is 12. The zero-order valence-corrected chi connectivity index (χ0v) is 37.5. The van der Waals surface area contributed by atoms with E-state index in [1.165, 1.54) is 12.0 Å². The molecule has 16 nitrogen and oxygen atoms in total. The van der Waals surface area contributed by atoms with Gasteiger partial charge in [-0.1, -0.05) is 26.0 Å². The molecule has 2 aliphatic carbocycles. The van der Waals surface area contributed by atoms with E-state index in [4.69, 9.17) is 23.9 Å². The van der Waals surface area contributed by atoms with Gasteiger partial charge in [0.1, 0.15) is 35.1 Å². The Morgan fingerprint density at radius 3 is 2.40 bits per heavy atom. The van der Waals surface area contributed by atoms with Crippen LogP contribution in [0.25, 0.3) is 21.9 Å². The number of ether oxygens (including phenoxy) is 4. The molecule has 0 radical (unpaired) electrons. The first kappa shape index (κ1) is 44.6. The summed E-state index contributed by atoms with van der Waals surface area (Å²) in [6.07, 6.45) is 8.64. The largest absolute Gasteiger partial charge is 0.497 e. The number of rotatable bonds is 9. The number of alkyl carbamates (subject to hydrolysis) is 1. The van der Waals surface area contributed by atoms with Gasteiger partial charge >= 0.3 is 6.09 Å². The van der Waals surface area contributed by atoms with Crippen molar-refractivity contribution in [3.63, 3.8) is 0 Å². The first-order valence-corrected chi connectivity index (χ1v) is 22.7. The highest BCUT2D eigenvalue weighted by Crippen LogP contribution is 2.48. The van der Waals surface area contributed by atoms with Crippen LogP contribution in [0.2, 0.25) is 0 Å². The molecule has 1 aromatic carbocycles. The maximum absolute atomic E-state index is 15.0. The van der Waals surface area contributed by atoms with Crippen molar-refractivity contribution in [3.05, 3.63) is 54.9 Å². The summed E-state index contributed by atoms with van der Waals surface area (Å²) in [5, 5.41) is 7.14. The number of methoxy groups -OCH3 is 2. The number of allylic oxidation sites excluding steroid dienone is 1. The van der Waals surface area contributed by atoms with Crippen molar-refractivity contribution in [1.82, 2.24) is 30.2 Å². The highest BCUT2D eigenvalue weighted by Gasteiger charge is 2.63. The van der Waals surface area contributed by atoms with Gasteiger partial charge in [0.2, 0.25) is 33.6 Å². The zero-order valence-electron chi connectivity index (χ0n) is 36.6. The van der Waals surface area contributed by atoms with Gasteiger partial charge in [0.25, 0.3) is 5.91 Å². The van der Waals surface area contributed by atoms with E-state index in [0.717, 1.165) is 22.9 Å². The average molecular weight is 875 g/mol. The maximum atomic E-state index is 15.0. The van der Waals surface area contributed by atoms with Crippen LogP contribution in [0.4, 0.5) is 4.79 Å². The van der Waals surface area contributed by atoms with E-state index in [9.17, 15) is 27.6 Å². The summed E-state index contributed by atoms with van der Waals surface area (Å²) in [7, 11) is -0.915. The second kappa shape index (κ2) is 17.0. The van der Waals surface area contributed by atoms with Crippen LogP contribution in [-0.2, 0) is 29.1 Å². The maximum Gasteiger partial charge on any atom is 0.408 e. The van der Waals surface area contributed by atoms with Crippen LogP contribution in [0, 0.1) is 17.8 Å². The molecular formula is C45H58N6O10S. The lowest BCUT2D eigenvalue weighted by Gasteiger charge is -2.33. The van der Waals surface area contributed by atoms with Crippen molar-refractivity contribution in [1.29, 1.82) is 0 Å². The number of amides is 4. The summed E-state index contributed by atoms with van der Waals surface area (Å²) >= 11 is 0. The Bertz CT molecular complexity index is 2360. The van der Waals surface area contributed by atoms with E-state index in [2.05, 4.69) is 27.3 Å². The molecule has 1 saturated heterocycles. The van der Waals surface area contributed by atoms with Crippen LogP contribution in [0.15, 0.2) is 54.9 Å². The van der Waals surface area contributed by atoms with Gasteiger partial charge in [-0.2, -0.15) is 0 Å². The van der Waals surface area contributed by atoms with Gasteiger partial charge in [-0.25, -0.2) is 23.2 Å². The second-order valence-electron chi connectivity index (χ2n) is 18.6. The predicted molar refractivity (Wildman–Crippen MR) is 231 cm³/mol. The normalized spacial score (nSPS) is 27.4. The molecule has 3 aromatic rings. The third-order valence-corrected chi connectivity index (χ3v) is 14.7. The lowest BCUT2D eigenvalue weighted by molar-refractivity contribution is -0.142. The van der Waals surface area contributed by atoms with Crippen molar-refractivity contribution < 1.29 is 46.5 Å². The van der Waals surface area contributed by atoms with Gasteiger partial charge in [0.15, 0.2) is 0 Å². The van der Waals surface area contributed by atoms with E-state index < -0.39 is 73.8 Å². The smallest absolute Gasteiger partial charge is 0.408 e. The molecule has 0 unspecified atom stereocenters. The van der Waals surface area contributed by atoms with Crippen LogP contribution >= 0.6 is 0 Å². The molecule has 3 N–H and O–H groups in total. The number of nitrogens with zero attached hydrogens (tertiary/aromatic N) is 3. The molecule has 2 aromatic heterocycles. The first-order valence-electron chi connectivity index (χ1n) is 21.3. The van der Waals surface area contributed by atoms with Crippen LogP contribution in [0.1, 0.15) is 86.5 Å². The van der Waals surface area contributed by atoms with Crippen LogP contribution in [-0.4, -0.2) is 102 Å². The molecule has 2 saturated carbocycles. The monoisotopic (exact) mass is 874 g/mol. The van der Waals surface area contributed by atoms with E-state index in [1.54, 1.807) is 59.3 Å². The molecule has 4 heterocycles. The molecule has 4 amide bonds. The van der Waals surface area contributed by atoms with E-state index in [-0.39, 0.29) is 37.1 Å². The number of aromatic nitrogens is 2. The Morgan fingerprint density at radius 2 is 1.74 bits per heavy atom. The lowest BCUT2D eigenvalue weighted by atomic mass is 9.88. The van der Waals surface area contributed by atoms with Gasteiger partial charge in [-0.05, 0) is 102 Å². The lowest BCUT2D eigenvalue weighted by Crippen LogP contribution is -2.59. The standard InChI is InChI=1S/C45H58N6O10S/c1-26-11-9-10-12-29-22-45(29,41(54)50-62(56,57)44(6)17-18-44)49-38(52)35-21-31(25-51(35)40(53)37(27(2)19-26)48-42(55)61-43(3,4)5)60-39-32-15-14-30(58-7)20-33(32)34(24-47-39)28-13-16-36(59-8)46-23-28/h10,12-16,20,23-24,26-27,29,31,35,37H,9,11,17-19,21-22,25H2,1-8H3,(H,48,55)(H,49,52)(H,50,54)/t26-,27-,29-,31-,35+,37+,45-/m1/s1. The Kier molecular flexibility index (Phi) is 12.2. The summed E-state index contributed by atoms with van der Waals surface area (Å²) in [6, 6.07) is 6.84. The third-order valence-electron chi connectivity index (χ3n) is 12.5. The fourth-order valence-electron chi connectivity index (χ4n) is 8.50. The minimum Gasteiger partial charge on any atom is -0.497 e. The summed E-state index contributed by atoms with van der Waals surface area (Å²) in [5.41, 5.74) is -0.877. The molecule has 334 valence electrons. The topological polar surface area (TPSA) is 204 Å². The van der Waals surface area contributed by atoms with E-state index >= 15 is 0 Å². The molecule has 62 heavy (non-hydrogen) atoms. The highest BCUT2D eigenvalue weighted by molar-refractivity contribution is 7.91. The molecule has 3 fully saturated rings. The molecule has 0 spiro atoms. The Hall–Kier alpha value is -5.45. The fraction of sp³-hybridized carbons (Fsp3) is 0.556. The number of carbonyl (C=O) groups is 4. The Morgan fingerprint density at radius 1 is 0.984 bits per heavy atom. The van der Waals surface area contributed by atoms with Gasteiger partial charge in [0.05, 0.1) is 25.5 Å².